The SMILES string of the molecule is CCCCCCCCC(I)=CC(F)(F)C(=O)OCC. The Kier molecular flexibility index (Phi) is 10.5. The van der Waals surface area contributed by atoms with Crippen molar-refractivity contribution in [2.75, 3.05) is 6.61 Å². The van der Waals surface area contributed by atoms with Crippen LogP contribution in [0.25, 0.3) is 0 Å². The zero-order valence-electron chi connectivity index (χ0n) is 11.7. The first-order chi connectivity index (χ1) is 8.94. The molecule has 0 heterocycles. The molecule has 0 amide bonds. The molecule has 0 aliphatic heterocycles. The molecule has 0 aliphatic rings. The minimum atomic E-state index is -3.51. The Labute approximate surface area is 128 Å². The van der Waals surface area contributed by atoms with Crippen LogP contribution in [0, 0.1) is 0 Å². The third-order valence-corrected chi connectivity index (χ3v) is 3.51. The minimum absolute atomic E-state index is 0.0315. The zero-order chi connectivity index (χ0) is 14.7. The molecule has 0 radical (unpaired) electrons. The van der Waals surface area contributed by atoms with Crippen molar-refractivity contribution in [2.24, 2.45) is 0 Å². The molecule has 0 saturated carbocycles. The molecule has 0 aliphatic carbocycles. The lowest BCUT2D eigenvalue weighted by atomic mass is 10.1. The van der Waals surface area contributed by atoms with E-state index >= 15 is 0 Å². The molecular weight excluding hydrogens is 365 g/mol. The largest absolute Gasteiger partial charge is 0.461 e. The summed E-state index contributed by atoms with van der Waals surface area (Å²) in [5.41, 5.74) is 0. The molecule has 0 rings (SSSR count). The van der Waals surface area contributed by atoms with Crippen molar-refractivity contribution < 1.29 is 18.3 Å². The molecule has 0 aromatic rings. The monoisotopic (exact) mass is 388 g/mol. The third-order valence-electron chi connectivity index (χ3n) is 2.65. The number of allylic oxidation sites excluding steroid dienone is 1. The van der Waals surface area contributed by atoms with Crippen LogP contribution in [0.5, 0.6) is 0 Å². The number of carbonyl (C=O) groups excluding carboxylic acids is 1. The van der Waals surface area contributed by atoms with Gasteiger partial charge >= 0.3 is 11.9 Å². The summed E-state index contributed by atoms with van der Waals surface area (Å²) in [7, 11) is 0. The number of carbonyl (C=O) groups is 1. The maximum absolute atomic E-state index is 13.4. The van der Waals surface area contributed by atoms with Gasteiger partial charge in [-0.3, -0.25) is 0 Å². The van der Waals surface area contributed by atoms with Gasteiger partial charge in [0.05, 0.1) is 6.61 Å². The van der Waals surface area contributed by atoms with Gasteiger partial charge in [0.15, 0.2) is 0 Å². The van der Waals surface area contributed by atoms with E-state index < -0.39 is 11.9 Å². The lowest BCUT2D eigenvalue weighted by Crippen LogP contribution is -2.28. The third kappa shape index (κ3) is 9.35. The number of unbranched alkanes of at least 4 members (excludes halogenated alkanes) is 5. The first kappa shape index (κ1) is 18.8. The van der Waals surface area contributed by atoms with Gasteiger partial charge < -0.3 is 4.74 Å². The van der Waals surface area contributed by atoms with E-state index in [1.807, 2.05) is 22.6 Å². The molecule has 0 saturated heterocycles. The van der Waals surface area contributed by atoms with Crippen molar-refractivity contribution in [1.29, 1.82) is 0 Å². The molecule has 0 N–H and O–H groups in total. The Balaban J connectivity index is 4.00. The van der Waals surface area contributed by atoms with Crippen molar-refractivity contribution in [2.45, 2.75) is 64.7 Å². The normalized spacial score (nSPS) is 12.6. The van der Waals surface area contributed by atoms with Gasteiger partial charge in [0.2, 0.25) is 0 Å². The van der Waals surface area contributed by atoms with Crippen molar-refractivity contribution in [3.63, 3.8) is 0 Å². The van der Waals surface area contributed by atoms with Crippen molar-refractivity contribution in [3.05, 3.63) is 9.66 Å². The highest BCUT2D eigenvalue weighted by molar-refractivity contribution is 14.1. The summed E-state index contributed by atoms with van der Waals surface area (Å²) in [6.45, 7) is 3.64. The van der Waals surface area contributed by atoms with Gasteiger partial charge in [0, 0.05) is 6.08 Å². The second-order valence-corrected chi connectivity index (χ2v) is 5.84. The fourth-order valence-corrected chi connectivity index (χ4v) is 2.40. The Morgan fingerprint density at radius 2 is 1.74 bits per heavy atom. The minimum Gasteiger partial charge on any atom is -0.461 e. The molecule has 0 bridgehead atoms. The van der Waals surface area contributed by atoms with Crippen LogP contribution in [0.2, 0.25) is 0 Å². The molecule has 0 atom stereocenters. The molecular formula is C14H23F2IO2. The molecule has 2 nitrogen and oxygen atoms in total. The van der Waals surface area contributed by atoms with E-state index in [1.54, 1.807) is 0 Å². The fraction of sp³-hybridized carbons (Fsp3) is 0.786. The number of esters is 1. The Bertz CT molecular complexity index is 291. The molecule has 0 fully saturated rings. The summed E-state index contributed by atoms with van der Waals surface area (Å²) < 4.78 is 31.6. The summed E-state index contributed by atoms with van der Waals surface area (Å²) in [4.78, 5) is 11.0. The van der Waals surface area contributed by atoms with Gasteiger partial charge in [-0.05, 0) is 45.9 Å². The molecule has 0 aromatic heterocycles. The van der Waals surface area contributed by atoms with Crippen molar-refractivity contribution >= 4 is 28.6 Å². The topological polar surface area (TPSA) is 26.3 Å². The van der Waals surface area contributed by atoms with E-state index in [0.717, 1.165) is 25.3 Å². The van der Waals surface area contributed by atoms with E-state index in [2.05, 4.69) is 11.7 Å². The number of alkyl halides is 2. The highest BCUT2D eigenvalue weighted by atomic mass is 127. The maximum Gasteiger partial charge on any atom is 0.381 e. The van der Waals surface area contributed by atoms with Gasteiger partial charge in [-0.25, -0.2) is 4.79 Å². The second kappa shape index (κ2) is 10.6. The van der Waals surface area contributed by atoms with E-state index in [0.29, 0.717) is 10.0 Å². The Morgan fingerprint density at radius 1 is 1.16 bits per heavy atom. The first-order valence-corrected chi connectivity index (χ1v) is 7.94. The lowest BCUT2D eigenvalue weighted by molar-refractivity contribution is -0.164. The summed E-state index contributed by atoms with van der Waals surface area (Å²) >= 11 is 1.87. The Hall–Kier alpha value is -0.200. The average Bonchev–Trinajstić information content (AvgIpc) is 2.33. The number of hydrogen-bond acceptors (Lipinski definition) is 2. The molecule has 19 heavy (non-hydrogen) atoms. The number of halogens is 3. The molecule has 0 spiro atoms. The van der Waals surface area contributed by atoms with E-state index in [1.165, 1.54) is 26.2 Å². The van der Waals surface area contributed by atoms with Gasteiger partial charge in [0.1, 0.15) is 0 Å². The molecule has 0 aromatic carbocycles. The second-order valence-electron chi connectivity index (χ2n) is 4.45. The average molecular weight is 388 g/mol. The van der Waals surface area contributed by atoms with E-state index in [-0.39, 0.29) is 6.61 Å². The van der Waals surface area contributed by atoms with Crippen LogP contribution >= 0.6 is 22.6 Å². The van der Waals surface area contributed by atoms with Gasteiger partial charge in [0.25, 0.3) is 0 Å². The number of ether oxygens (including phenoxy) is 1. The van der Waals surface area contributed by atoms with Crippen LogP contribution in [0.15, 0.2) is 9.66 Å². The summed E-state index contributed by atoms with van der Waals surface area (Å²) in [5, 5.41) is 0. The predicted octanol–water partition coefficient (Wildman–Crippen LogP) is 5.25. The van der Waals surface area contributed by atoms with Crippen molar-refractivity contribution in [1.82, 2.24) is 0 Å². The molecule has 5 heteroatoms. The van der Waals surface area contributed by atoms with Gasteiger partial charge in [-0.15, -0.1) is 0 Å². The fourth-order valence-electron chi connectivity index (χ4n) is 1.63. The highest BCUT2D eigenvalue weighted by Gasteiger charge is 2.38. The van der Waals surface area contributed by atoms with Crippen LogP contribution in [0.4, 0.5) is 8.78 Å². The first-order valence-electron chi connectivity index (χ1n) is 6.86. The van der Waals surface area contributed by atoms with Gasteiger partial charge in [-0.2, -0.15) is 8.78 Å². The van der Waals surface area contributed by atoms with Gasteiger partial charge in [-0.1, -0.05) is 39.0 Å². The Morgan fingerprint density at radius 3 is 2.32 bits per heavy atom. The van der Waals surface area contributed by atoms with Crippen LogP contribution in [0.3, 0.4) is 0 Å². The maximum atomic E-state index is 13.4. The highest BCUT2D eigenvalue weighted by Crippen LogP contribution is 2.25. The number of hydrogen-bond donors (Lipinski definition) is 0. The molecule has 112 valence electrons. The predicted molar refractivity (Wildman–Crippen MR) is 81.7 cm³/mol. The number of rotatable bonds is 10. The summed E-state index contributed by atoms with van der Waals surface area (Å²) in [6, 6.07) is 0. The lowest BCUT2D eigenvalue weighted by Gasteiger charge is -2.11. The van der Waals surface area contributed by atoms with Crippen LogP contribution in [0.1, 0.15) is 58.8 Å². The quantitative estimate of drug-likeness (QED) is 0.290. The molecule has 0 unspecified atom stereocenters. The van der Waals surface area contributed by atoms with Crippen LogP contribution in [-0.2, 0) is 9.53 Å². The standard InChI is InChI=1S/C14H23F2IO2/c1-3-5-6-7-8-9-10-12(17)11-14(15,16)13(18)19-4-2/h11H,3-10H2,1-2H3. The van der Waals surface area contributed by atoms with Crippen LogP contribution in [-0.4, -0.2) is 18.5 Å². The zero-order valence-corrected chi connectivity index (χ0v) is 13.8. The van der Waals surface area contributed by atoms with E-state index in [4.69, 9.17) is 0 Å². The van der Waals surface area contributed by atoms with Crippen molar-refractivity contribution in [3.8, 4) is 0 Å². The van der Waals surface area contributed by atoms with E-state index in [9.17, 15) is 13.6 Å². The smallest absolute Gasteiger partial charge is 0.381 e. The summed E-state index contributed by atoms with van der Waals surface area (Å²) in [6.07, 6.45) is 8.03. The summed E-state index contributed by atoms with van der Waals surface area (Å²) in [5.74, 6) is -4.97. The van der Waals surface area contributed by atoms with Crippen LogP contribution < -0.4 is 0 Å².